The van der Waals surface area contributed by atoms with Crippen LogP contribution in [0.1, 0.15) is 23.9 Å². The van der Waals surface area contributed by atoms with Gasteiger partial charge in [-0.05, 0) is 26.8 Å². The summed E-state index contributed by atoms with van der Waals surface area (Å²) in [5.74, 6) is -0.960. The molecule has 0 bridgehead atoms. The Kier molecular flexibility index (Phi) is 6.34. The summed E-state index contributed by atoms with van der Waals surface area (Å²) in [5.41, 5.74) is 2.22. The summed E-state index contributed by atoms with van der Waals surface area (Å²) in [6.45, 7) is 5.05. The Morgan fingerprint density at radius 2 is 2.04 bits per heavy atom. The van der Waals surface area contributed by atoms with Crippen LogP contribution in [0.2, 0.25) is 0 Å². The molecule has 0 radical (unpaired) electrons. The van der Waals surface area contributed by atoms with Gasteiger partial charge in [0.1, 0.15) is 5.75 Å². The van der Waals surface area contributed by atoms with Crippen molar-refractivity contribution >= 4 is 23.3 Å². The molecule has 10 heteroatoms. The molecule has 0 saturated carbocycles. The lowest BCUT2D eigenvalue weighted by atomic mass is 10.1. The summed E-state index contributed by atoms with van der Waals surface area (Å²) in [5, 5.41) is 17.7. The van der Waals surface area contributed by atoms with Gasteiger partial charge in [0.05, 0.1) is 29.8 Å². The first kappa shape index (κ1) is 20.9. The number of carbonyl (C=O) groups excluding carboxylic acids is 2. The number of hydrogen-bond acceptors (Lipinski definition) is 7. The van der Waals surface area contributed by atoms with E-state index >= 15 is 0 Å². The fourth-order valence-corrected chi connectivity index (χ4v) is 2.65. The normalized spacial score (nSPS) is 11.6. The largest absolute Gasteiger partial charge is 0.495 e. The van der Waals surface area contributed by atoms with E-state index in [0.29, 0.717) is 0 Å². The fourth-order valence-electron chi connectivity index (χ4n) is 2.65. The SMILES string of the molecule is COc1ccc([N+](=O)[O-])cc1NC(=O)[C@@H](C)OC(=O)Cc1c(C)nn(C)c1C. The van der Waals surface area contributed by atoms with Crippen molar-refractivity contribution in [2.75, 3.05) is 12.4 Å². The second-order valence-electron chi connectivity index (χ2n) is 6.21. The smallest absolute Gasteiger partial charge is 0.311 e. The number of hydrogen-bond donors (Lipinski definition) is 1. The molecule has 2 aromatic rings. The first-order chi connectivity index (χ1) is 13.1. The van der Waals surface area contributed by atoms with E-state index in [2.05, 4.69) is 10.4 Å². The average Bonchev–Trinajstić information content (AvgIpc) is 2.87. The zero-order valence-corrected chi connectivity index (χ0v) is 16.3. The fraction of sp³-hybridized carbons (Fsp3) is 0.389. The van der Waals surface area contributed by atoms with Crippen LogP contribution in [-0.2, 0) is 27.8 Å². The van der Waals surface area contributed by atoms with Crippen molar-refractivity contribution in [3.8, 4) is 5.75 Å². The molecule has 2 rings (SSSR count). The quantitative estimate of drug-likeness (QED) is 0.436. The highest BCUT2D eigenvalue weighted by molar-refractivity contribution is 5.96. The number of nitrogens with zero attached hydrogens (tertiary/aromatic N) is 3. The van der Waals surface area contributed by atoms with E-state index < -0.39 is 22.9 Å². The van der Waals surface area contributed by atoms with E-state index in [9.17, 15) is 19.7 Å². The molecule has 0 spiro atoms. The van der Waals surface area contributed by atoms with Crippen molar-refractivity contribution in [1.29, 1.82) is 0 Å². The molecule has 0 aliphatic heterocycles. The number of carbonyl (C=O) groups is 2. The van der Waals surface area contributed by atoms with Crippen molar-refractivity contribution in [2.24, 2.45) is 7.05 Å². The second-order valence-corrected chi connectivity index (χ2v) is 6.21. The highest BCUT2D eigenvalue weighted by Gasteiger charge is 2.22. The maximum absolute atomic E-state index is 12.4. The first-order valence-corrected chi connectivity index (χ1v) is 8.45. The van der Waals surface area contributed by atoms with Gasteiger partial charge >= 0.3 is 5.97 Å². The molecule has 0 fully saturated rings. The van der Waals surface area contributed by atoms with E-state index in [1.807, 2.05) is 6.92 Å². The van der Waals surface area contributed by atoms with Gasteiger partial charge in [0, 0.05) is 30.4 Å². The number of nitrogens with one attached hydrogen (secondary N) is 1. The number of amides is 1. The third-order valence-corrected chi connectivity index (χ3v) is 4.31. The van der Waals surface area contributed by atoms with Crippen molar-refractivity contribution < 1.29 is 24.0 Å². The molecule has 1 amide bonds. The van der Waals surface area contributed by atoms with Gasteiger partial charge in [0.15, 0.2) is 6.10 Å². The highest BCUT2D eigenvalue weighted by Crippen LogP contribution is 2.29. The number of aryl methyl sites for hydroxylation is 2. The zero-order valence-electron chi connectivity index (χ0n) is 16.3. The lowest BCUT2D eigenvalue weighted by molar-refractivity contribution is -0.384. The second kappa shape index (κ2) is 8.51. The van der Waals surface area contributed by atoms with Gasteiger partial charge in [0.2, 0.25) is 0 Å². The van der Waals surface area contributed by atoms with Gasteiger partial charge in [-0.3, -0.25) is 24.4 Å². The van der Waals surface area contributed by atoms with Crippen LogP contribution in [0.4, 0.5) is 11.4 Å². The third kappa shape index (κ3) is 4.64. The molecule has 1 atom stereocenters. The molecule has 0 saturated heterocycles. The minimum atomic E-state index is -1.10. The van der Waals surface area contributed by atoms with E-state index in [0.717, 1.165) is 17.0 Å². The van der Waals surface area contributed by atoms with Crippen LogP contribution < -0.4 is 10.1 Å². The monoisotopic (exact) mass is 390 g/mol. The number of non-ortho nitro benzene ring substituents is 1. The van der Waals surface area contributed by atoms with Crippen LogP contribution in [0.5, 0.6) is 5.75 Å². The number of nitro benzene ring substituents is 1. The lowest BCUT2D eigenvalue weighted by Gasteiger charge is -2.15. The van der Waals surface area contributed by atoms with Crippen LogP contribution in [0.25, 0.3) is 0 Å². The number of rotatable bonds is 7. The molecule has 0 aliphatic carbocycles. The Morgan fingerprint density at radius 1 is 1.36 bits per heavy atom. The molecule has 28 heavy (non-hydrogen) atoms. The number of methoxy groups -OCH3 is 1. The Balaban J connectivity index is 2.05. The predicted molar refractivity (Wildman–Crippen MR) is 100 cm³/mol. The summed E-state index contributed by atoms with van der Waals surface area (Å²) in [6.07, 6.45) is -1.11. The van der Waals surface area contributed by atoms with Crippen LogP contribution in [0, 0.1) is 24.0 Å². The minimum Gasteiger partial charge on any atom is -0.495 e. The molecule has 0 aliphatic rings. The van der Waals surface area contributed by atoms with E-state index in [1.54, 1.807) is 18.7 Å². The number of anilines is 1. The van der Waals surface area contributed by atoms with Gasteiger partial charge in [-0.2, -0.15) is 5.10 Å². The Bertz CT molecular complexity index is 921. The summed E-state index contributed by atoms with van der Waals surface area (Å²) in [4.78, 5) is 34.9. The molecule has 10 nitrogen and oxygen atoms in total. The van der Waals surface area contributed by atoms with Gasteiger partial charge < -0.3 is 14.8 Å². The predicted octanol–water partition coefficient (Wildman–Crippen LogP) is 2.07. The molecule has 1 N–H and O–H groups in total. The third-order valence-electron chi connectivity index (χ3n) is 4.31. The molecule has 1 heterocycles. The van der Waals surface area contributed by atoms with Crippen molar-refractivity contribution in [1.82, 2.24) is 9.78 Å². The Hall–Kier alpha value is -3.43. The van der Waals surface area contributed by atoms with Gasteiger partial charge in [-0.1, -0.05) is 0 Å². The number of ether oxygens (including phenoxy) is 2. The molecule has 1 aromatic heterocycles. The number of nitro groups is 1. The van der Waals surface area contributed by atoms with Gasteiger partial charge in [-0.15, -0.1) is 0 Å². The lowest BCUT2D eigenvalue weighted by Crippen LogP contribution is -2.30. The molecule has 0 unspecified atom stereocenters. The van der Waals surface area contributed by atoms with Gasteiger partial charge in [-0.25, -0.2) is 0 Å². The number of esters is 1. The molecule has 1 aromatic carbocycles. The summed E-state index contributed by atoms with van der Waals surface area (Å²) < 4.78 is 12.0. The summed E-state index contributed by atoms with van der Waals surface area (Å²) in [6, 6.07) is 3.81. The van der Waals surface area contributed by atoms with Crippen molar-refractivity contribution in [3.05, 3.63) is 45.3 Å². The van der Waals surface area contributed by atoms with Crippen LogP contribution >= 0.6 is 0 Å². The topological polar surface area (TPSA) is 126 Å². The minimum absolute atomic E-state index is 0.0107. The maximum atomic E-state index is 12.4. The Morgan fingerprint density at radius 3 is 2.57 bits per heavy atom. The van der Waals surface area contributed by atoms with E-state index in [4.69, 9.17) is 9.47 Å². The number of benzene rings is 1. The van der Waals surface area contributed by atoms with Gasteiger partial charge in [0.25, 0.3) is 11.6 Å². The van der Waals surface area contributed by atoms with Crippen LogP contribution in [0.3, 0.4) is 0 Å². The summed E-state index contributed by atoms with van der Waals surface area (Å²) >= 11 is 0. The van der Waals surface area contributed by atoms with Crippen LogP contribution in [-0.4, -0.2) is 39.8 Å². The highest BCUT2D eigenvalue weighted by atomic mass is 16.6. The molecule has 150 valence electrons. The van der Waals surface area contributed by atoms with E-state index in [-0.39, 0.29) is 23.5 Å². The molecular formula is C18H22N4O6. The first-order valence-electron chi connectivity index (χ1n) is 8.45. The van der Waals surface area contributed by atoms with E-state index in [1.165, 1.54) is 32.2 Å². The maximum Gasteiger partial charge on any atom is 0.311 e. The zero-order chi connectivity index (χ0) is 21.0. The average molecular weight is 390 g/mol. The van der Waals surface area contributed by atoms with Crippen molar-refractivity contribution in [3.63, 3.8) is 0 Å². The van der Waals surface area contributed by atoms with Crippen molar-refractivity contribution in [2.45, 2.75) is 33.3 Å². The number of aromatic nitrogens is 2. The molecular weight excluding hydrogens is 368 g/mol. The Labute approximate surface area is 161 Å². The summed E-state index contributed by atoms with van der Waals surface area (Å²) in [7, 11) is 3.15. The van der Waals surface area contributed by atoms with Crippen LogP contribution in [0.15, 0.2) is 18.2 Å². The standard InChI is InChI=1S/C18H22N4O6/c1-10-14(11(2)21(4)20-10)9-17(23)28-12(3)18(24)19-15-8-13(22(25)26)6-7-16(15)27-5/h6-8,12H,9H2,1-5H3,(H,19,24)/t12-/m1/s1.